The number of Topliss-reactive ketones (excluding diaryl/α,β-unsaturated/α-hetero) is 1. The molecule has 20 heavy (non-hydrogen) atoms. The third-order valence-corrected chi connectivity index (χ3v) is 2.96. The molecule has 0 N–H and O–H groups in total. The van der Waals surface area contributed by atoms with Crippen molar-refractivity contribution < 1.29 is 18.3 Å². The van der Waals surface area contributed by atoms with Crippen LogP contribution >= 0.6 is 0 Å². The predicted octanol–water partition coefficient (Wildman–Crippen LogP) is 2.62. The number of ketones is 1. The van der Waals surface area contributed by atoms with Gasteiger partial charge in [0.25, 0.3) is 0 Å². The van der Waals surface area contributed by atoms with Crippen LogP contribution in [0, 0.1) is 11.6 Å². The molecular formula is C14H14F2N2O2. The van der Waals surface area contributed by atoms with Crippen molar-refractivity contribution in [2.24, 2.45) is 0 Å². The van der Waals surface area contributed by atoms with Crippen molar-refractivity contribution in [3.05, 3.63) is 47.3 Å². The predicted molar refractivity (Wildman–Crippen MR) is 68.8 cm³/mol. The van der Waals surface area contributed by atoms with E-state index in [0.717, 1.165) is 12.1 Å². The molecule has 0 bridgehead atoms. The Balaban J connectivity index is 2.30. The molecule has 0 saturated carbocycles. The van der Waals surface area contributed by atoms with Crippen molar-refractivity contribution >= 4 is 5.78 Å². The van der Waals surface area contributed by atoms with E-state index in [1.807, 2.05) is 6.92 Å². The van der Waals surface area contributed by atoms with E-state index in [0.29, 0.717) is 18.0 Å². The van der Waals surface area contributed by atoms with Crippen LogP contribution in [-0.4, -0.2) is 22.7 Å². The zero-order chi connectivity index (χ0) is 14.7. The number of ether oxygens (including phenoxy) is 1. The molecule has 0 aliphatic rings. The molecule has 6 heteroatoms. The molecular weight excluding hydrogens is 266 g/mol. The number of halogens is 2. The summed E-state index contributed by atoms with van der Waals surface area (Å²) in [4.78, 5) is 12.3. The van der Waals surface area contributed by atoms with Gasteiger partial charge in [-0.15, -0.1) is 0 Å². The van der Waals surface area contributed by atoms with Crippen LogP contribution in [-0.2, 0) is 13.0 Å². The van der Waals surface area contributed by atoms with Gasteiger partial charge in [-0.2, -0.15) is 5.10 Å². The van der Waals surface area contributed by atoms with E-state index in [4.69, 9.17) is 4.74 Å². The first-order chi connectivity index (χ1) is 9.56. The summed E-state index contributed by atoms with van der Waals surface area (Å²) in [5.41, 5.74) is 0.432. The number of nitrogens with zero attached hydrogens (tertiary/aromatic N) is 2. The number of methoxy groups -OCH3 is 1. The second kappa shape index (κ2) is 5.81. The number of aromatic nitrogens is 2. The van der Waals surface area contributed by atoms with E-state index in [2.05, 4.69) is 5.10 Å². The fourth-order valence-corrected chi connectivity index (χ4v) is 1.96. The molecule has 0 amide bonds. The highest BCUT2D eigenvalue weighted by Crippen LogP contribution is 2.21. The van der Waals surface area contributed by atoms with Gasteiger partial charge in [-0.1, -0.05) is 6.07 Å². The molecule has 0 spiro atoms. The maximum Gasteiger partial charge on any atom is 0.189 e. The highest BCUT2D eigenvalue weighted by atomic mass is 19.1. The Hall–Kier alpha value is -2.24. The lowest BCUT2D eigenvalue weighted by molar-refractivity contribution is 0.0978. The number of carbonyl (C=O) groups is 1. The van der Waals surface area contributed by atoms with Crippen LogP contribution in [0.3, 0.4) is 0 Å². The van der Waals surface area contributed by atoms with Gasteiger partial charge in [0, 0.05) is 19.0 Å². The van der Waals surface area contributed by atoms with Crippen molar-refractivity contribution in [1.82, 2.24) is 9.78 Å². The van der Waals surface area contributed by atoms with E-state index in [-0.39, 0.29) is 17.8 Å². The molecule has 2 aromatic rings. The van der Waals surface area contributed by atoms with Crippen LogP contribution in [0.25, 0.3) is 0 Å². The molecule has 1 heterocycles. The molecule has 106 valence electrons. The minimum Gasteiger partial charge on any atom is -0.493 e. The summed E-state index contributed by atoms with van der Waals surface area (Å²) in [6, 6.07) is 3.15. The molecule has 0 radical (unpaired) electrons. The largest absolute Gasteiger partial charge is 0.493 e. The number of carbonyl (C=O) groups excluding carboxylic acids is 1. The standard InChI is InChI=1S/C14H14F2N2O2/c1-3-18-14(13(20-2)8-17-18)12(19)6-9-4-5-10(15)7-11(9)16/h4-5,7-8H,3,6H2,1-2H3. The Morgan fingerprint density at radius 2 is 2.15 bits per heavy atom. The average Bonchev–Trinajstić information content (AvgIpc) is 2.84. The van der Waals surface area contributed by atoms with E-state index < -0.39 is 11.6 Å². The third-order valence-electron chi connectivity index (χ3n) is 2.96. The Kier molecular flexibility index (Phi) is 4.12. The number of hydrogen-bond acceptors (Lipinski definition) is 3. The Labute approximate surface area is 115 Å². The summed E-state index contributed by atoms with van der Waals surface area (Å²) in [5.74, 6) is -1.39. The van der Waals surface area contributed by atoms with E-state index in [9.17, 15) is 13.6 Å². The minimum absolute atomic E-state index is 0.141. The summed E-state index contributed by atoms with van der Waals surface area (Å²) < 4.78 is 33.0. The zero-order valence-corrected chi connectivity index (χ0v) is 11.2. The molecule has 0 fully saturated rings. The van der Waals surface area contributed by atoms with Gasteiger partial charge in [0.05, 0.1) is 13.3 Å². The first-order valence-electron chi connectivity index (χ1n) is 6.13. The normalized spacial score (nSPS) is 10.6. The van der Waals surface area contributed by atoms with Crippen LogP contribution in [0.1, 0.15) is 23.0 Å². The number of rotatable bonds is 5. The molecule has 0 aliphatic heterocycles. The molecule has 1 aromatic heterocycles. The highest BCUT2D eigenvalue weighted by molar-refractivity contribution is 5.98. The Morgan fingerprint density at radius 3 is 2.75 bits per heavy atom. The van der Waals surface area contributed by atoms with Crippen LogP contribution in [0.5, 0.6) is 5.75 Å². The maximum absolute atomic E-state index is 13.6. The lowest BCUT2D eigenvalue weighted by Crippen LogP contribution is -2.13. The van der Waals surface area contributed by atoms with Crippen molar-refractivity contribution in [2.75, 3.05) is 7.11 Å². The zero-order valence-electron chi connectivity index (χ0n) is 11.2. The molecule has 0 unspecified atom stereocenters. The lowest BCUT2D eigenvalue weighted by atomic mass is 10.1. The first kappa shape index (κ1) is 14.2. The molecule has 0 aliphatic carbocycles. The van der Waals surface area contributed by atoms with Gasteiger partial charge in [-0.25, -0.2) is 8.78 Å². The molecule has 0 saturated heterocycles. The van der Waals surface area contributed by atoms with Gasteiger partial charge in [-0.3, -0.25) is 9.48 Å². The Morgan fingerprint density at radius 1 is 1.40 bits per heavy atom. The molecule has 2 rings (SSSR count). The molecule has 1 aromatic carbocycles. The SMILES string of the molecule is CCn1ncc(OC)c1C(=O)Cc1ccc(F)cc1F. The van der Waals surface area contributed by atoms with E-state index in [1.165, 1.54) is 24.1 Å². The van der Waals surface area contributed by atoms with Gasteiger partial charge in [0.1, 0.15) is 17.3 Å². The third kappa shape index (κ3) is 2.68. The second-order valence-electron chi connectivity index (χ2n) is 4.21. The summed E-state index contributed by atoms with van der Waals surface area (Å²) in [5, 5.41) is 4.02. The molecule has 0 atom stereocenters. The van der Waals surface area contributed by atoms with Gasteiger partial charge >= 0.3 is 0 Å². The van der Waals surface area contributed by atoms with Gasteiger partial charge < -0.3 is 4.74 Å². The quantitative estimate of drug-likeness (QED) is 0.791. The topological polar surface area (TPSA) is 44.1 Å². The van der Waals surface area contributed by atoms with Crippen LogP contribution in [0.2, 0.25) is 0 Å². The van der Waals surface area contributed by atoms with Crippen LogP contribution in [0.15, 0.2) is 24.4 Å². The van der Waals surface area contributed by atoms with E-state index >= 15 is 0 Å². The fraction of sp³-hybridized carbons (Fsp3) is 0.286. The highest BCUT2D eigenvalue weighted by Gasteiger charge is 2.20. The number of benzene rings is 1. The summed E-state index contributed by atoms with van der Waals surface area (Å²) in [7, 11) is 1.44. The molecule has 4 nitrogen and oxygen atoms in total. The van der Waals surface area contributed by atoms with E-state index in [1.54, 1.807) is 0 Å². The monoisotopic (exact) mass is 280 g/mol. The first-order valence-corrected chi connectivity index (χ1v) is 6.13. The van der Waals surface area contributed by atoms with Crippen molar-refractivity contribution in [2.45, 2.75) is 19.9 Å². The van der Waals surface area contributed by atoms with Crippen LogP contribution < -0.4 is 4.74 Å². The number of hydrogen-bond donors (Lipinski definition) is 0. The van der Waals surface area contributed by atoms with Crippen molar-refractivity contribution in [1.29, 1.82) is 0 Å². The fourth-order valence-electron chi connectivity index (χ4n) is 1.96. The summed E-state index contributed by atoms with van der Waals surface area (Å²) in [6.45, 7) is 2.33. The van der Waals surface area contributed by atoms with Crippen molar-refractivity contribution in [3.8, 4) is 5.75 Å². The lowest BCUT2D eigenvalue weighted by Gasteiger charge is -2.07. The minimum atomic E-state index is -0.736. The summed E-state index contributed by atoms with van der Waals surface area (Å²) >= 11 is 0. The average molecular weight is 280 g/mol. The van der Waals surface area contributed by atoms with Gasteiger partial charge in [-0.05, 0) is 18.6 Å². The Bertz CT molecular complexity index is 617. The van der Waals surface area contributed by atoms with Gasteiger partial charge in [0.2, 0.25) is 0 Å². The summed E-state index contributed by atoms with van der Waals surface area (Å²) in [6.07, 6.45) is 1.27. The van der Waals surface area contributed by atoms with Gasteiger partial charge in [0.15, 0.2) is 11.5 Å². The number of aryl methyl sites for hydroxylation is 1. The van der Waals surface area contributed by atoms with Crippen molar-refractivity contribution in [3.63, 3.8) is 0 Å². The van der Waals surface area contributed by atoms with Crippen LogP contribution in [0.4, 0.5) is 8.78 Å². The second-order valence-corrected chi connectivity index (χ2v) is 4.21. The smallest absolute Gasteiger partial charge is 0.189 e. The maximum atomic E-state index is 13.6.